The molecule has 0 aliphatic rings. The van der Waals surface area contributed by atoms with E-state index in [2.05, 4.69) is 4.98 Å². The van der Waals surface area contributed by atoms with Crippen molar-refractivity contribution in [2.45, 2.75) is 13.3 Å². The molecule has 2 aromatic rings. The van der Waals surface area contributed by atoms with Crippen LogP contribution < -0.4 is 4.74 Å². The minimum absolute atomic E-state index is 0.149. The molecule has 1 N–H and O–H groups in total. The molecule has 0 bridgehead atoms. The lowest BCUT2D eigenvalue weighted by atomic mass is 10.1. The Kier molecular flexibility index (Phi) is 4.18. The number of thiazole rings is 1. The number of benzene rings is 1. The van der Waals surface area contributed by atoms with E-state index in [0.717, 1.165) is 0 Å². The minimum Gasteiger partial charge on any atom is -0.490 e. The molecule has 0 radical (unpaired) electrons. The largest absolute Gasteiger partial charge is 0.490 e. The van der Waals surface area contributed by atoms with E-state index in [0.29, 0.717) is 21.1 Å². The first-order valence-corrected chi connectivity index (χ1v) is 6.75. The van der Waals surface area contributed by atoms with Crippen LogP contribution in [0.1, 0.15) is 9.88 Å². The van der Waals surface area contributed by atoms with Crippen LogP contribution in [0.5, 0.6) is 5.75 Å². The second-order valence-electron chi connectivity index (χ2n) is 4.22. The van der Waals surface area contributed by atoms with Crippen molar-refractivity contribution in [3.05, 3.63) is 38.2 Å². The number of carboxylic acid groups (broad SMARTS) is 1. The molecule has 0 saturated heterocycles. The average molecular weight is 308 g/mol. The molecule has 0 atom stereocenters. The zero-order valence-electron chi connectivity index (χ0n) is 11.3. The number of hydrogen-bond acceptors (Lipinski definition) is 6. The number of nitro benzene ring substituents is 1. The lowest BCUT2D eigenvalue weighted by molar-refractivity contribution is -0.385. The van der Waals surface area contributed by atoms with Gasteiger partial charge in [0.2, 0.25) is 0 Å². The fraction of sp³-hybridized carbons (Fsp3) is 0.231. The molecule has 0 aliphatic carbocycles. The van der Waals surface area contributed by atoms with Gasteiger partial charge in [-0.05, 0) is 19.1 Å². The maximum Gasteiger partial charge on any atom is 0.311 e. The normalized spacial score (nSPS) is 10.4. The molecule has 1 aromatic carbocycles. The standard InChI is InChI=1S/C13H12N2O5S/c1-7-14-13(11(21-7)6-12(16)17)8-3-4-10(20-2)9(5-8)15(18)19/h3-5H,6H2,1-2H3,(H,16,17). The summed E-state index contributed by atoms with van der Waals surface area (Å²) in [6, 6.07) is 4.46. The summed E-state index contributed by atoms with van der Waals surface area (Å²) in [7, 11) is 1.35. The van der Waals surface area contributed by atoms with Gasteiger partial charge in [0.25, 0.3) is 0 Å². The molecular formula is C13H12N2O5S. The second-order valence-corrected chi connectivity index (χ2v) is 5.51. The highest BCUT2D eigenvalue weighted by molar-refractivity contribution is 7.12. The summed E-state index contributed by atoms with van der Waals surface area (Å²) in [5.41, 5.74) is 0.788. The van der Waals surface area contributed by atoms with Gasteiger partial charge in [0.15, 0.2) is 5.75 Å². The highest BCUT2D eigenvalue weighted by atomic mass is 32.1. The Morgan fingerprint density at radius 2 is 2.24 bits per heavy atom. The molecule has 0 saturated carbocycles. The Hall–Kier alpha value is -2.48. The third-order valence-electron chi connectivity index (χ3n) is 2.77. The van der Waals surface area contributed by atoms with Gasteiger partial charge in [-0.3, -0.25) is 14.9 Å². The van der Waals surface area contributed by atoms with Crippen molar-refractivity contribution < 1.29 is 19.6 Å². The molecule has 110 valence electrons. The van der Waals surface area contributed by atoms with Gasteiger partial charge in [-0.15, -0.1) is 11.3 Å². The van der Waals surface area contributed by atoms with Gasteiger partial charge in [-0.1, -0.05) is 0 Å². The maximum atomic E-state index is 11.0. The number of aromatic nitrogens is 1. The first-order valence-electron chi connectivity index (χ1n) is 5.93. The topological polar surface area (TPSA) is 103 Å². The Labute approximate surface area is 124 Å². The molecule has 0 spiro atoms. The first kappa shape index (κ1) is 14.9. The molecule has 0 unspecified atom stereocenters. The first-order chi connectivity index (χ1) is 9.92. The zero-order chi connectivity index (χ0) is 15.6. The number of methoxy groups -OCH3 is 1. The van der Waals surface area contributed by atoms with Crippen molar-refractivity contribution in [1.82, 2.24) is 4.98 Å². The van der Waals surface area contributed by atoms with Crippen LogP contribution in [0.15, 0.2) is 18.2 Å². The van der Waals surface area contributed by atoms with Crippen molar-refractivity contribution >= 4 is 23.0 Å². The van der Waals surface area contributed by atoms with Crippen molar-refractivity contribution in [3.63, 3.8) is 0 Å². The molecule has 0 fully saturated rings. The SMILES string of the molecule is COc1ccc(-c2nc(C)sc2CC(=O)O)cc1[N+](=O)[O-]. The van der Waals surface area contributed by atoms with Gasteiger partial charge in [0, 0.05) is 16.5 Å². The molecule has 0 aliphatic heterocycles. The van der Waals surface area contributed by atoms with Gasteiger partial charge in [0.1, 0.15) is 0 Å². The summed E-state index contributed by atoms with van der Waals surface area (Å²) < 4.78 is 4.94. The van der Waals surface area contributed by atoms with Crippen LogP contribution in [0, 0.1) is 17.0 Å². The molecule has 8 heteroatoms. The van der Waals surface area contributed by atoms with Crippen molar-refractivity contribution in [3.8, 4) is 17.0 Å². The summed E-state index contributed by atoms with van der Waals surface area (Å²) in [5.74, 6) is -0.821. The van der Waals surface area contributed by atoms with Gasteiger partial charge in [0.05, 0.1) is 29.2 Å². The lowest BCUT2D eigenvalue weighted by Gasteiger charge is -2.04. The van der Waals surface area contributed by atoms with Gasteiger partial charge in [-0.2, -0.15) is 0 Å². The fourth-order valence-electron chi connectivity index (χ4n) is 1.93. The summed E-state index contributed by atoms with van der Waals surface area (Å²) >= 11 is 1.27. The molecule has 1 aromatic heterocycles. The van der Waals surface area contributed by atoms with E-state index in [1.54, 1.807) is 13.0 Å². The van der Waals surface area contributed by atoms with Crippen LogP contribution in [0.2, 0.25) is 0 Å². The number of carboxylic acids is 1. The maximum absolute atomic E-state index is 11.0. The van der Waals surface area contributed by atoms with Crippen molar-refractivity contribution in [1.29, 1.82) is 0 Å². The number of aliphatic carboxylic acids is 1. The number of aryl methyl sites for hydroxylation is 1. The monoisotopic (exact) mass is 308 g/mol. The molecular weight excluding hydrogens is 296 g/mol. The van der Waals surface area contributed by atoms with Crippen LogP contribution >= 0.6 is 11.3 Å². The average Bonchev–Trinajstić information content (AvgIpc) is 2.77. The quantitative estimate of drug-likeness (QED) is 0.673. The number of hydrogen-bond donors (Lipinski definition) is 1. The molecule has 2 rings (SSSR count). The van der Waals surface area contributed by atoms with Crippen LogP contribution in [0.3, 0.4) is 0 Å². The van der Waals surface area contributed by atoms with E-state index >= 15 is 0 Å². The van der Waals surface area contributed by atoms with Gasteiger partial charge >= 0.3 is 11.7 Å². The van der Waals surface area contributed by atoms with E-state index < -0.39 is 10.9 Å². The third kappa shape index (κ3) is 3.16. The number of carbonyl (C=O) groups is 1. The van der Waals surface area contributed by atoms with E-state index in [-0.39, 0.29) is 17.9 Å². The Morgan fingerprint density at radius 3 is 2.81 bits per heavy atom. The third-order valence-corrected chi connectivity index (χ3v) is 3.74. The van der Waals surface area contributed by atoms with E-state index in [9.17, 15) is 14.9 Å². The Bertz CT molecular complexity index is 711. The Morgan fingerprint density at radius 1 is 1.52 bits per heavy atom. The summed E-state index contributed by atoms with van der Waals surface area (Å²) in [6.45, 7) is 1.76. The summed E-state index contributed by atoms with van der Waals surface area (Å²) in [6.07, 6.45) is -0.166. The summed E-state index contributed by atoms with van der Waals surface area (Å²) in [5, 5.41) is 20.7. The van der Waals surface area contributed by atoms with Crippen LogP contribution in [0.4, 0.5) is 5.69 Å². The highest BCUT2D eigenvalue weighted by Gasteiger charge is 2.20. The predicted molar refractivity (Wildman–Crippen MR) is 76.8 cm³/mol. The number of nitrogens with zero attached hydrogens (tertiary/aromatic N) is 2. The van der Waals surface area contributed by atoms with E-state index in [1.165, 1.54) is 30.6 Å². The number of ether oxygens (including phenoxy) is 1. The fourth-order valence-corrected chi connectivity index (χ4v) is 2.88. The smallest absolute Gasteiger partial charge is 0.311 e. The second kappa shape index (κ2) is 5.88. The predicted octanol–water partition coefficient (Wildman–Crippen LogP) is 2.66. The number of nitro groups is 1. The minimum atomic E-state index is -0.970. The van der Waals surface area contributed by atoms with Crippen molar-refractivity contribution in [2.24, 2.45) is 0 Å². The van der Waals surface area contributed by atoms with Crippen LogP contribution in [0.25, 0.3) is 11.3 Å². The van der Waals surface area contributed by atoms with Gasteiger partial charge < -0.3 is 9.84 Å². The lowest BCUT2D eigenvalue weighted by Crippen LogP contribution is -2.00. The van der Waals surface area contributed by atoms with E-state index in [4.69, 9.17) is 9.84 Å². The molecule has 21 heavy (non-hydrogen) atoms. The van der Waals surface area contributed by atoms with Gasteiger partial charge in [-0.25, -0.2) is 4.98 Å². The Balaban J connectivity index is 2.54. The van der Waals surface area contributed by atoms with Crippen molar-refractivity contribution in [2.75, 3.05) is 7.11 Å². The molecule has 7 nitrogen and oxygen atoms in total. The molecule has 1 heterocycles. The highest BCUT2D eigenvalue weighted by Crippen LogP contribution is 2.35. The van der Waals surface area contributed by atoms with E-state index in [1.807, 2.05) is 0 Å². The zero-order valence-corrected chi connectivity index (χ0v) is 12.1. The molecule has 0 amide bonds. The number of rotatable bonds is 5. The summed E-state index contributed by atoms with van der Waals surface area (Å²) in [4.78, 5) is 26.2. The van der Waals surface area contributed by atoms with Crippen LogP contribution in [-0.4, -0.2) is 28.1 Å². The van der Waals surface area contributed by atoms with Crippen LogP contribution in [-0.2, 0) is 11.2 Å².